The second kappa shape index (κ2) is 6.07. The molecule has 0 aliphatic rings. The molecule has 0 saturated heterocycles. The summed E-state index contributed by atoms with van der Waals surface area (Å²) in [5.74, 6) is -0.642. The van der Waals surface area contributed by atoms with Crippen LogP contribution >= 0.6 is 0 Å². The summed E-state index contributed by atoms with van der Waals surface area (Å²) in [6, 6.07) is 5.56. The molecule has 0 aliphatic heterocycles. The number of oxazole rings is 1. The Morgan fingerprint density at radius 3 is 2.87 bits per heavy atom. The monoisotopic (exact) mass is 316 g/mol. The number of carbonyl (C=O) groups excluding carboxylic acids is 1. The van der Waals surface area contributed by atoms with E-state index in [2.05, 4.69) is 20.3 Å². The Morgan fingerprint density at radius 1 is 1.30 bits per heavy atom. The van der Waals surface area contributed by atoms with Crippen LogP contribution in [0.3, 0.4) is 0 Å². The molecule has 2 aromatic heterocycles. The highest BCUT2D eigenvalue weighted by atomic mass is 16.6. The van der Waals surface area contributed by atoms with Gasteiger partial charge in [0.05, 0.1) is 11.9 Å². The molecule has 3 rings (SSSR count). The number of hydrogen-bond donors (Lipinski definition) is 1. The van der Waals surface area contributed by atoms with Crippen LogP contribution in [0, 0.1) is 13.8 Å². The molecule has 0 saturated carbocycles. The summed E-state index contributed by atoms with van der Waals surface area (Å²) in [7, 11) is 0. The van der Waals surface area contributed by atoms with Gasteiger partial charge in [-0.1, -0.05) is 16.4 Å². The minimum atomic E-state index is -0.434. The Labute approximate surface area is 131 Å². The van der Waals surface area contributed by atoms with Crippen molar-refractivity contribution in [3.63, 3.8) is 0 Å². The Balaban J connectivity index is 1.63. The maximum atomic E-state index is 11.9. The predicted octanol–water partition coefficient (Wildman–Crippen LogP) is 0.953. The minimum absolute atomic E-state index is 0.0928. The van der Waals surface area contributed by atoms with Crippen molar-refractivity contribution < 1.29 is 13.8 Å². The first-order valence-electron chi connectivity index (χ1n) is 7.19. The summed E-state index contributed by atoms with van der Waals surface area (Å²) in [4.78, 5) is 23.7. The highest BCUT2D eigenvalue weighted by Crippen LogP contribution is 2.14. The summed E-state index contributed by atoms with van der Waals surface area (Å²) in [5.41, 5.74) is 3.37. The van der Waals surface area contributed by atoms with E-state index in [4.69, 9.17) is 4.42 Å². The SMILES string of the molecule is Cc1ccc2c(c1)oc(=O)n2CCNC(=O)Cc1nonc1C. The number of carbonyl (C=O) groups is 1. The van der Waals surface area contributed by atoms with Gasteiger partial charge < -0.3 is 9.73 Å². The fourth-order valence-electron chi connectivity index (χ4n) is 2.32. The number of nitrogens with one attached hydrogen (secondary N) is 1. The maximum Gasteiger partial charge on any atom is 0.420 e. The van der Waals surface area contributed by atoms with E-state index in [1.54, 1.807) is 6.92 Å². The van der Waals surface area contributed by atoms with Gasteiger partial charge in [0.2, 0.25) is 5.91 Å². The fourth-order valence-corrected chi connectivity index (χ4v) is 2.32. The van der Waals surface area contributed by atoms with E-state index in [0.717, 1.165) is 5.56 Å². The van der Waals surface area contributed by atoms with Crippen LogP contribution in [0.2, 0.25) is 0 Å². The first-order chi connectivity index (χ1) is 11.0. The number of aryl methyl sites for hydroxylation is 2. The van der Waals surface area contributed by atoms with Crippen molar-refractivity contribution in [3.8, 4) is 0 Å². The second-order valence-electron chi connectivity index (χ2n) is 5.31. The molecule has 0 fully saturated rings. The van der Waals surface area contributed by atoms with Gasteiger partial charge in [-0.3, -0.25) is 9.36 Å². The third kappa shape index (κ3) is 3.15. The molecular weight excluding hydrogens is 300 g/mol. The van der Waals surface area contributed by atoms with Crippen LogP contribution in [0.5, 0.6) is 0 Å². The van der Waals surface area contributed by atoms with Crippen LogP contribution in [0.15, 0.2) is 32.0 Å². The molecule has 0 spiro atoms. The largest absolute Gasteiger partial charge is 0.420 e. The number of hydrogen-bond acceptors (Lipinski definition) is 6. The van der Waals surface area contributed by atoms with Crippen molar-refractivity contribution in [2.45, 2.75) is 26.8 Å². The molecule has 0 radical (unpaired) electrons. The average molecular weight is 316 g/mol. The number of nitrogens with zero attached hydrogens (tertiary/aromatic N) is 3. The van der Waals surface area contributed by atoms with Gasteiger partial charge in [-0.15, -0.1) is 0 Å². The lowest BCUT2D eigenvalue weighted by Gasteiger charge is -2.05. The van der Waals surface area contributed by atoms with E-state index in [-0.39, 0.29) is 12.3 Å². The Morgan fingerprint density at radius 2 is 2.13 bits per heavy atom. The number of rotatable bonds is 5. The lowest BCUT2D eigenvalue weighted by Crippen LogP contribution is -2.30. The molecule has 8 nitrogen and oxygen atoms in total. The molecule has 1 amide bonds. The molecule has 0 atom stereocenters. The Hall–Kier alpha value is -2.90. The first kappa shape index (κ1) is 15.0. The number of amides is 1. The quantitative estimate of drug-likeness (QED) is 0.752. The van der Waals surface area contributed by atoms with E-state index in [9.17, 15) is 9.59 Å². The lowest BCUT2D eigenvalue weighted by molar-refractivity contribution is -0.120. The number of fused-ring (bicyclic) bond motifs is 1. The topological polar surface area (TPSA) is 103 Å². The zero-order valence-electron chi connectivity index (χ0n) is 12.8. The molecular formula is C15H16N4O4. The van der Waals surface area contributed by atoms with E-state index < -0.39 is 5.76 Å². The van der Waals surface area contributed by atoms with Crippen LogP contribution in [0.1, 0.15) is 17.0 Å². The number of aromatic nitrogens is 3. The lowest BCUT2D eigenvalue weighted by atomic mass is 10.2. The second-order valence-corrected chi connectivity index (χ2v) is 5.31. The minimum Gasteiger partial charge on any atom is -0.408 e. The fraction of sp³-hybridized carbons (Fsp3) is 0.333. The molecule has 0 aliphatic carbocycles. The Kier molecular flexibility index (Phi) is 3.96. The van der Waals surface area contributed by atoms with Crippen molar-refractivity contribution >= 4 is 17.0 Å². The highest BCUT2D eigenvalue weighted by molar-refractivity contribution is 5.78. The van der Waals surface area contributed by atoms with Gasteiger partial charge in [0.15, 0.2) is 5.58 Å². The first-order valence-corrected chi connectivity index (χ1v) is 7.19. The number of benzene rings is 1. The van der Waals surface area contributed by atoms with Crippen molar-refractivity contribution in [2.75, 3.05) is 6.54 Å². The predicted molar refractivity (Wildman–Crippen MR) is 81.0 cm³/mol. The van der Waals surface area contributed by atoms with Crippen molar-refractivity contribution in [2.24, 2.45) is 0 Å². The van der Waals surface area contributed by atoms with E-state index in [1.807, 2.05) is 25.1 Å². The molecule has 0 unspecified atom stereocenters. The maximum absolute atomic E-state index is 11.9. The molecule has 2 heterocycles. The van der Waals surface area contributed by atoms with Crippen LogP contribution in [0.4, 0.5) is 0 Å². The molecule has 8 heteroatoms. The third-order valence-electron chi connectivity index (χ3n) is 3.56. The van der Waals surface area contributed by atoms with Crippen LogP contribution in [-0.2, 0) is 17.8 Å². The van der Waals surface area contributed by atoms with Crippen molar-refractivity contribution in [3.05, 3.63) is 45.7 Å². The summed E-state index contributed by atoms with van der Waals surface area (Å²) in [6.07, 6.45) is 0.0928. The van der Waals surface area contributed by atoms with Gasteiger partial charge in [-0.2, -0.15) is 0 Å². The zero-order chi connectivity index (χ0) is 16.4. The average Bonchev–Trinajstić information content (AvgIpc) is 3.03. The van der Waals surface area contributed by atoms with Crippen molar-refractivity contribution in [1.82, 2.24) is 20.2 Å². The van der Waals surface area contributed by atoms with Crippen LogP contribution < -0.4 is 11.1 Å². The Bertz CT molecular complexity index is 906. The highest BCUT2D eigenvalue weighted by Gasteiger charge is 2.12. The molecule has 23 heavy (non-hydrogen) atoms. The van der Waals surface area contributed by atoms with Crippen LogP contribution in [0.25, 0.3) is 11.1 Å². The molecule has 1 aromatic carbocycles. The van der Waals surface area contributed by atoms with Gasteiger partial charge in [0, 0.05) is 13.1 Å². The molecule has 3 aromatic rings. The third-order valence-corrected chi connectivity index (χ3v) is 3.56. The molecule has 120 valence electrons. The normalized spacial score (nSPS) is 11.0. The summed E-state index contributed by atoms with van der Waals surface area (Å²) >= 11 is 0. The summed E-state index contributed by atoms with van der Waals surface area (Å²) < 4.78 is 11.2. The smallest absolute Gasteiger partial charge is 0.408 e. The van der Waals surface area contributed by atoms with Gasteiger partial charge in [0.1, 0.15) is 11.4 Å². The summed E-state index contributed by atoms with van der Waals surface area (Å²) in [6.45, 7) is 4.29. The van der Waals surface area contributed by atoms with Gasteiger partial charge in [-0.25, -0.2) is 9.42 Å². The summed E-state index contributed by atoms with van der Waals surface area (Å²) in [5, 5.41) is 10.0. The van der Waals surface area contributed by atoms with Gasteiger partial charge in [0.25, 0.3) is 0 Å². The van der Waals surface area contributed by atoms with Gasteiger partial charge in [-0.05, 0) is 31.5 Å². The molecule has 0 bridgehead atoms. The van der Waals surface area contributed by atoms with Crippen LogP contribution in [-0.4, -0.2) is 27.3 Å². The van der Waals surface area contributed by atoms with Gasteiger partial charge >= 0.3 is 5.76 Å². The zero-order valence-corrected chi connectivity index (χ0v) is 12.8. The molecule has 1 N–H and O–H groups in total. The van der Waals surface area contributed by atoms with E-state index in [0.29, 0.717) is 35.6 Å². The van der Waals surface area contributed by atoms with E-state index >= 15 is 0 Å². The van der Waals surface area contributed by atoms with Crippen molar-refractivity contribution in [1.29, 1.82) is 0 Å². The standard InChI is InChI=1S/C15H16N4O4/c1-9-3-4-12-13(7-9)22-15(21)19(12)6-5-16-14(20)8-11-10(2)17-23-18-11/h3-4,7H,5-6,8H2,1-2H3,(H,16,20). The van der Waals surface area contributed by atoms with E-state index in [1.165, 1.54) is 4.57 Å².